The molecule has 3 aromatic heterocycles. The van der Waals surface area contributed by atoms with Gasteiger partial charge in [0.25, 0.3) is 5.91 Å². The molecule has 0 radical (unpaired) electrons. The number of aryl methyl sites for hydroxylation is 1. The number of ether oxygens (including phenoxy) is 1. The maximum Gasteiger partial charge on any atom is 0.408 e. The standard InChI is InChI=1S/C21H18F5N5O2/c1-3-16-18-17(19(32)31(16)13-7-28-30(9-13)10-21(24,25)26)11(2)4-15(29-18)12-5-14(8-27-6-12)33-20(22)23/h4-9,16,20H,3,10H2,1-2H3. The zero-order valence-electron chi connectivity index (χ0n) is 17.5. The summed E-state index contributed by atoms with van der Waals surface area (Å²) < 4.78 is 68.4. The van der Waals surface area contributed by atoms with E-state index in [0.717, 1.165) is 10.9 Å². The number of hydrogen-bond donors (Lipinski definition) is 0. The Balaban J connectivity index is 1.72. The quantitative estimate of drug-likeness (QED) is 0.481. The van der Waals surface area contributed by atoms with Gasteiger partial charge in [-0.1, -0.05) is 6.92 Å². The first-order valence-corrected chi connectivity index (χ1v) is 9.92. The molecule has 0 spiro atoms. The largest absolute Gasteiger partial charge is 0.433 e. The Morgan fingerprint density at radius 3 is 2.61 bits per heavy atom. The van der Waals surface area contributed by atoms with Crippen LogP contribution in [0.2, 0.25) is 0 Å². The highest BCUT2D eigenvalue weighted by Crippen LogP contribution is 2.41. The van der Waals surface area contributed by atoms with Crippen LogP contribution < -0.4 is 9.64 Å². The smallest absolute Gasteiger partial charge is 0.408 e. The molecule has 174 valence electrons. The Bertz CT molecular complexity index is 1190. The maximum absolute atomic E-state index is 13.2. The second-order valence-corrected chi connectivity index (χ2v) is 7.48. The third-order valence-electron chi connectivity index (χ3n) is 5.16. The van der Waals surface area contributed by atoms with Crippen molar-refractivity contribution in [3.05, 3.63) is 53.7 Å². The van der Waals surface area contributed by atoms with E-state index >= 15 is 0 Å². The molecular weight excluding hydrogens is 449 g/mol. The lowest BCUT2D eigenvalue weighted by Crippen LogP contribution is -2.27. The summed E-state index contributed by atoms with van der Waals surface area (Å²) in [6.07, 6.45) is 0.952. The van der Waals surface area contributed by atoms with Gasteiger partial charge in [0.1, 0.15) is 12.3 Å². The van der Waals surface area contributed by atoms with Gasteiger partial charge in [-0.25, -0.2) is 4.98 Å². The van der Waals surface area contributed by atoms with E-state index < -0.39 is 31.3 Å². The van der Waals surface area contributed by atoms with E-state index in [1.54, 1.807) is 13.0 Å². The van der Waals surface area contributed by atoms with E-state index in [-0.39, 0.29) is 11.4 Å². The van der Waals surface area contributed by atoms with Crippen LogP contribution in [0.3, 0.4) is 0 Å². The second-order valence-electron chi connectivity index (χ2n) is 7.48. The Hall–Kier alpha value is -3.57. The minimum atomic E-state index is -4.45. The Kier molecular flexibility index (Phi) is 5.76. The van der Waals surface area contributed by atoms with Crippen molar-refractivity contribution in [3.8, 4) is 17.0 Å². The molecule has 3 aromatic rings. The molecule has 1 aliphatic heterocycles. The molecule has 1 amide bonds. The molecule has 0 saturated carbocycles. The number of halogens is 5. The third kappa shape index (κ3) is 4.50. The van der Waals surface area contributed by atoms with Crippen LogP contribution in [0.5, 0.6) is 5.75 Å². The Morgan fingerprint density at radius 1 is 1.18 bits per heavy atom. The van der Waals surface area contributed by atoms with Crippen molar-refractivity contribution < 1.29 is 31.5 Å². The van der Waals surface area contributed by atoms with Gasteiger partial charge in [-0.15, -0.1) is 0 Å². The topological polar surface area (TPSA) is 73.1 Å². The molecule has 0 aromatic carbocycles. The summed E-state index contributed by atoms with van der Waals surface area (Å²) in [7, 11) is 0. The van der Waals surface area contributed by atoms with E-state index in [1.807, 2.05) is 6.92 Å². The van der Waals surface area contributed by atoms with Crippen LogP contribution in [-0.2, 0) is 6.54 Å². The number of amides is 1. The lowest BCUT2D eigenvalue weighted by Gasteiger charge is -2.22. The predicted molar refractivity (Wildman–Crippen MR) is 107 cm³/mol. The summed E-state index contributed by atoms with van der Waals surface area (Å²) in [5.74, 6) is -0.530. The number of aromatic nitrogens is 4. The number of fused-ring (bicyclic) bond motifs is 1. The van der Waals surface area contributed by atoms with Gasteiger partial charge in [0.2, 0.25) is 0 Å². The van der Waals surface area contributed by atoms with Crippen molar-refractivity contribution in [1.29, 1.82) is 0 Å². The predicted octanol–water partition coefficient (Wildman–Crippen LogP) is 4.92. The van der Waals surface area contributed by atoms with E-state index in [1.165, 1.54) is 29.6 Å². The number of rotatable bonds is 6. The minimum Gasteiger partial charge on any atom is -0.433 e. The summed E-state index contributed by atoms with van der Waals surface area (Å²) in [6.45, 7) is -0.754. The molecule has 0 aliphatic carbocycles. The number of anilines is 1. The van der Waals surface area contributed by atoms with Gasteiger partial charge in [0, 0.05) is 18.0 Å². The number of pyridine rings is 2. The maximum atomic E-state index is 13.2. The first kappa shape index (κ1) is 22.6. The molecule has 12 heteroatoms. The summed E-state index contributed by atoms with van der Waals surface area (Å²) >= 11 is 0. The van der Waals surface area contributed by atoms with E-state index in [0.29, 0.717) is 34.5 Å². The molecule has 0 fully saturated rings. The van der Waals surface area contributed by atoms with Crippen LogP contribution in [0.1, 0.15) is 41.0 Å². The number of hydrogen-bond acceptors (Lipinski definition) is 5. The average molecular weight is 467 g/mol. The molecule has 7 nitrogen and oxygen atoms in total. The molecular formula is C21H18F5N5O2. The van der Waals surface area contributed by atoms with Crippen molar-refractivity contribution in [1.82, 2.24) is 19.7 Å². The highest BCUT2D eigenvalue weighted by Gasteiger charge is 2.40. The van der Waals surface area contributed by atoms with E-state index in [2.05, 4.69) is 19.8 Å². The van der Waals surface area contributed by atoms with Crippen LogP contribution in [-0.4, -0.2) is 38.4 Å². The fraction of sp³-hybridized carbons (Fsp3) is 0.333. The van der Waals surface area contributed by atoms with E-state index in [4.69, 9.17) is 0 Å². The average Bonchev–Trinajstić information content (AvgIpc) is 3.27. The van der Waals surface area contributed by atoms with Crippen LogP contribution in [0.15, 0.2) is 36.9 Å². The number of alkyl halides is 5. The molecule has 1 unspecified atom stereocenters. The molecule has 4 rings (SSSR count). The van der Waals surface area contributed by atoms with Gasteiger partial charge < -0.3 is 4.74 Å². The van der Waals surface area contributed by atoms with Crippen molar-refractivity contribution >= 4 is 11.6 Å². The SMILES string of the molecule is CCC1c2nc(-c3cncc(OC(F)F)c3)cc(C)c2C(=O)N1c1cnn(CC(F)(F)F)c1. The van der Waals surface area contributed by atoms with Crippen LogP contribution >= 0.6 is 0 Å². The van der Waals surface area contributed by atoms with Gasteiger partial charge in [0.15, 0.2) is 0 Å². The number of nitrogens with zero attached hydrogens (tertiary/aromatic N) is 5. The van der Waals surface area contributed by atoms with Crippen molar-refractivity contribution in [3.63, 3.8) is 0 Å². The number of carbonyl (C=O) groups excluding carboxylic acids is 1. The van der Waals surface area contributed by atoms with Gasteiger partial charge in [0.05, 0.1) is 41.1 Å². The molecule has 0 N–H and O–H groups in total. The van der Waals surface area contributed by atoms with Crippen LogP contribution in [0.4, 0.5) is 27.6 Å². The fourth-order valence-electron chi connectivity index (χ4n) is 3.90. The summed E-state index contributed by atoms with van der Waals surface area (Å²) in [4.78, 5) is 23.1. The van der Waals surface area contributed by atoms with Gasteiger partial charge in [-0.3, -0.25) is 19.4 Å². The van der Waals surface area contributed by atoms with Crippen LogP contribution in [0.25, 0.3) is 11.3 Å². The lowest BCUT2D eigenvalue weighted by molar-refractivity contribution is -0.142. The molecule has 4 heterocycles. The Morgan fingerprint density at radius 2 is 1.94 bits per heavy atom. The Labute approximate surface area is 184 Å². The summed E-state index contributed by atoms with van der Waals surface area (Å²) in [6, 6.07) is 2.45. The molecule has 0 saturated heterocycles. The summed E-state index contributed by atoms with van der Waals surface area (Å²) in [5, 5.41) is 3.73. The monoisotopic (exact) mass is 467 g/mol. The normalized spacial score (nSPS) is 15.9. The van der Waals surface area contributed by atoms with Crippen LogP contribution in [0, 0.1) is 6.92 Å². The third-order valence-corrected chi connectivity index (χ3v) is 5.16. The molecule has 0 bridgehead atoms. The molecule has 1 atom stereocenters. The minimum absolute atomic E-state index is 0.135. The van der Waals surface area contributed by atoms with Gasteiger partial charge in [-0.2, -0.15) is 27.1 Å². The highest BCUT2D eigenvalue weighted by molar-refractivity contribution is 6.11. The van der Waals surface area contributed by atoms with Crippen molar-refractivity contribution in [2.75, 3.05) is 4.90 Å². The van der Waals surface area contributed by atoms with Gasteiger partial charge in [-0.05, 0) is 31.0 Å². The van der Waals surface area contributed by atoms with Gasteiger partial charge >= 0.3 is 12.8 Å². The highest BCUT2D eigenvalue weighted by atomic mass is 19.4. The first-order chi connectivity index (χ1) is 15.6. The number of carbonyl (C=O) groups is 1. The summed E-state index contributed by atoms with van der Waals surface area (Å²) in [5.41, 5.74) is 2.42. The zero-order valence-corrected chi connectivity index (χ0v) is 17.5. The zero-order chi connectivity index (χ0) is 23.9. The molecule has 1 aliphatic rings. The van der Waals surface area contributed by atoms with E-state index in [9.17, 15) is 26.7 Å². The van der Waals surface area contributed by atoms with Crippen molar-refractivity contribution in [2.24, 2.45) is 0 Å². The first-order valence-electron chi connectivity index (χ1n) is 9.92. The second kappa shape index (κ2) is 8.41. The van der Waals surface area contributed by atoms with Crippen molar-refractivity contribution in [2.45, 2.75) is 45.6 Å². The lowest BCUT2D eigenvalue weighted by atomic mass is 10.0. The molecule has 33 heavy (non-hydrogen) atoms. The fourth-order valence-corrected chi connectivity index (χ4v) is 3.90.